The summed E-state index contributed by atoms with van der Waals surface area (Å²) in [5, 5.41) is 1.22. The summed E-state index contributed by atoms with van der Waals surface area (Å²) in [4.78, 5) is 16.1. The molecule has 0 spiro atoms. The second-order valence-corrected chi connectivity index (χ2v) is 6.80. The zero-order valence-corrected chi connectivity index (χ0v) is 11.0. The minimum atomic E-state index is -0.481. The minimum Gasteiger partial charge on any atom is -0.294 e. The molecule has 18 heavy (non-hydrogen) atoms. The normalized spacial score (nSPS) is 31.1. The number of fused-ring (bicyclic) bond motifs is 2. The van der Waals surface area contributed by atoms with Gasteiger partial charge in [-0.05, 0) is 31.7 Å². The lowest BCUT2D eigenvalue weighted by molar-refractivity contribution is 0.0892. The number of aromatic nitrogens is 1. The van der Waals surface area contributed by atoms with E-state index in [0.29, 0.717) is 10.5 Å². The van der Waals surface area contributed by atoms with Gasteiger partial charge < -0.3 is 0 Å². The van der Waals surface area contributed by atoms with Crippen molar-refractivity contribution in [3.05, 3.63) is 29.8 Å². The van der Waals surface area contributed by atoms with Crippen LogP contribution >= 0.6 is 11.8 Å². The number of halogens is 1. The molecule has 0 saturated carbocycles. The molecular weight excluding hydrogens is 249 g/mol. The maximum Gasteiger partial charge on any atom is 0.169 e. The van der Waals surface area contributed by atoms with Gasteiger partial charge in [-0.15, -0.1) is 0 Å². The molecule has 2 atom stereocenters. The number of hydrogen-bond acceptors (Lipinski definition) is 3. The Labute approximate surface area is 110 Å². The van der Waals surface area contributed by atoms with Gasteiger partial charge >= 0.3 is 0 Å². The van der Waals surface area contributed by atoms with Crippen LogP contribution < -0.4 is 0 Å². The van der Waals surface area contributed by atoms with Crippen molar-refractivity contribution in [3.63, 3.8) is 0 Å². The number of thioether (sulfide) groups is 1. The number of carbonyl (C=O) groups is 1. The molecule has 0 amide bonds. The van der Waals surface area contributed by atoms with Crippen LogP contribution in [0.25, 0.3) is 0 Å². The number of hydrogen-bond donors (Lipinski definition) is 0. The average Bonchev–Trinajstić information content (AvgIpc) is 2.38. The van der Waals surface area contributed by atoms with Crippen LogP contribution in [0.15, 0.2) is 18.5 Å². The lowest BCUT2D eigenvalue weighted by atomic mass is 9.84. The first-order chi connectivity index (χ1) is 8.74. The molecule has 0 aliphatic carbocycles. The van der Waals surface area contributed by atoms with Gasteiger partial charge in [0.25, 0.3) is 0 Å². The summed E-state index contributed by atoms with van der Waals surface area (Å²) in [6, 6.07) is 1.51. The first kappa shape index (κ1) is 12.2. The van der Waals surface area contributed by atoms with Crippen molar-refractivity contribution in [3.8, 4) is 0 Å². The second kappa shape index (κ2) is 5.00. The number of pyridine rings is 1. The first-order valence-corrected chi connectivity index (χ1v) is 7.47. The SMILES string of the molecule is O=C(c1ccncc1F)C1CC2CCCC(C1)S2. The van der Waals surface area contributed by atoms with Crippen molar-refractivity contribution in [2.75, 3.05) is 0 Å². The minimum absolute atomic E-state index is 0.0125. The Morgan fingerprint density at radius 3 is 2.72 bits per heavy atom. The van der Waals surface area contributed by atoms with E-state index in [1.807, 2.05) is 11.8 Å². The van der Waals surface area contributed by atoms with E-state index >= 15 is 0 Å². The van der Waals surface area contributed by atoms with E-state index in [1.165, 1.54) is 31.5 Å². The van der Waals surface area contributed by atoms with Gasteiger partial charge in [0.1, 0.15) is 0 Å². The molecule has 0 radical (unpaired) electrons. The van der Waals surface area contributed by atoms with E-state index in [0.717, 1.165) is 19.0 Å². The Bertz CT molecular complexity index is 453. The quantitative estimate of drug-likeness (QED) is 0.767. The molecule has 0 N–H and O–H groups in total. The summed E-state index contributed by atoms with van der Waals surface area (Å²) in [5.74, 6) is -0.489. The van der Waals surface area contributed by atoms with E-state index in [1.54, 1.807) is 0 Å². The molecule has 2 unspecified atom stereocenters. The Balaban J connectivity index is 1.79. The Kier molecular flexibility index (Phi) is 3.37. The van der Waals surface area contributed by atoms with E-state index in [-0.39, 0.29) is 17.3 Å². The number of rotatable bonds is 2. The highest BCUT2D eigenvalue weighted by molar-refractivity contribution is 8.00. The van der Waals surface area contributed by atoms with Gasteiger partial charge in [0, 0.05) is 22.6 Å². The summed E-state index contributed by atoms with van der Waals surface area (Å²) >= 11 is 2.04. The van der Waals surface area contributed by atoms with E-state index < -0.39 is 5.82 Å². The fraction of sp³-hybridized carbons (Fsp3) is 0.571. The third-order valence-electron chi connectivity index (χ3n) is 3.94. The molecule has 3 rings (SSSR count). The zero-order chi connectivity index (χ0) is 12.5. The first-order valence-electron chi connectivity index (χ1n) is 6.53. The van der Waals surface area contributed by atoms with Gasteiger partial charge in [-0.1, -0.05) is 6.42 Å². The molecule has 3 heterocycles. The van der Waals surface area contributed by atoms with Gasteiger partial charge in [-0.25, -0.2) is 4.39 Å². The Morgan fingerprint density at radius 2 is 2.06 bits per heavy atom. The van der Waals surface area contributed by atoms with Gasteiger partial charge in [-0.3, -0.25) is 9.78 Å². The van der Waals surface area contributed by atoms with E-state index in [2.05, 4.69) is 4.98 Å². The van der Waals surface area contributed by atoms with Crippen molar-refractivity contribution in [2.45, 2.75) is 42.6 Å². The van der Waals surface area contributed by atoms with E-state index in [9.17, 15) is 9.18 Å². The third kappa shape index (κ3) is 2.30. The highest BCUT2D eigenvalue weighted by Crippen LogP contribution is 2.44. The zero-order valence-electron chi connectivity index (χ0n) is 10.1. The van der Waals surface area contributed by atoms with Crippen LogP contribution in [0.2, 0.25) is 0 Å². The topological polar surface area (TPSA) is 30.0 Å². The average molecular weight is 265 g/mol. The molecule has 4 heteroatoms. The Morgan fingerprint density at radius 1 is 1.33 bits per heavy atom. The summed E-state index contributed by atoms with van der Waals surface area (Å²) in [5.41, 5.74) is 0.222. The van der Waals surface area contributed by atoms with Crippen LogP contribution in [-0.4, -0.2) is 21.3 Å². The molecular formula is C14H16FNOS. The highest BCUT2D eigenvalue weighted by Gasteiger charge is 2.36. The van der Waals surface area contributed by atoms with Crippen molar-refractivity contribution >= 4 is 17.5 Å². The molecule has 0 aromatic carbocycles. The molecule has 2 aliphatic heterocycles. The summed E-state index contributed by atoms with van der Waals surface area (Å²) in [6.07, 6.45) is 8.17. The number of carbonyl (C=O) groups excluding carboxylic acids is 1. The van der Waals surface area contributed by atoms with Crippen LogP contribution in [0.5, 0.6) is 0 Å². The highest BCUT2D eigenvalue weighted by atomic mass is 32.2. The number of Topliss-reactive ketones (excluding diaryl/α,β-unsaturated/α-hetero) is 1. The van der Waals surface area contributed by atoms with Gasteiger partial charge in [0.05, 0.1) is 11.8 Å². The molecule has 2 nitrogen and oxygen atoms in total. The molecule has 2 fully saturated rings. The standard InChI is InChI=1S/C14H16FNOS/c15-13-8-16-5-4-12(13)14(17)9-6-10-2-1-3-11(7-9)18-10/h4-5,8-11H,1-3,6-7H2. The molecule has 2 bridgehead atoms. The monoisotopic (exact) mass is 265 g/mol. The van der Waals surface area contributed by atoms with E-state index in [4.69, 9.17) is 0 Å². The van der Waals surface area contributed by atoms with Crippen molar-refractivity contribution in [1.82, 2.24) is 4.98 Å². The number of ketones is 1. The largest absolute Gasteiger partial charge is 0.294 e. The predicted octanol–water partition coefficient (Wildman–Crippen LogP) is 3.47. The van der Waals surface area contributed by atoms with Crippen LogP contribution in [0.3, 0.4) is 0 Å². The molecule has 1 aromatic rings. The van der Waals surface area contributed by atoms with Gasteiger partial charge in [0.2, 0.25) is 0 Å². The molecule has 1 aromatic heterocycles. The Hall–Kier alpha value is -0.900. The summed E-state index contributed by atoms with van der Waals surface area (Å²) in [7, 11) is 0. The fourth-order valence-electron chi connectivity index (χ4n) is 3.07. The summed E-state index contributed by atoms with van der Waals surface area (Å²) in [6.45, 7) is 0. The third-order valence-corrected chi connectivity index (χ3v) is 5.57. The van der Waals surface area contributed by atoms with Gasteiger partial charge in [-0.2, -0.15) is 11.8 Å². The van der Waals surface area contributed by atoms with Crippen molar-refractivity contribution in [1.29, 1.82) is 0 Å². The van der Waals surface area contributed by atoms with Crippen molar-refractivity contribution in [2.24, 2.45) is 5.92 Å². The smallest absolute Gasteiger partial charge is 0.169 e. The lowest BCUT2D eigenvalue weighted by Crippen LogP contribution is -2.33. The molecule has 96 valence electrons. The van der Waals surface area contributed by atoms with Crippen molar-refractivity contribution < 1.29 is 9.18 Å². The molecule has 2 saturated heterocycles. The summed E-state index contributed by atoms with van der Waals surface area (Å²) < 4.78 is 13.6. The molecule has 2 aliphatic rings. The lowest BCUT2D eigenvalue weighted by Gasteiger charge is -2.37. The van der Waals surface area contributed by atoms with Crippen LogP contribution in [0, 0.1) is 11.7 Å². The maximum absolute atomic E-state index is 13.6. The van der Waals surface area contributed by atoms with Crippen LogP contribution in [0.4, 0.5) is 4.39 Å². The predicted molar refractivity (Wildman–Crippen MR) is 70.3 cm³/mol. The van der Waals surface area contributed by atoms with Gasteiger partial charge in [0.15, 0.2) is 11.6 Å². The fourth-order valence-corrected chi connectivity index (χ4v) is 4.90. The van der Waals surface area contributed by atoms with Crippen LogP contribution in [0.1, 0.15) is 42.5 Å². The number of nitrogens with zero attached hydrogens (tertiary/aromatic N) is 1. The van der Waals surface area contributed by atoms with Crippen LogP contribution in [-0.2, 0) is 0 Å². The maximum atomic E-state index is 13.6. The second-order valence-electron chi connectivity index (χ2n) is 5.20.